The monoisotopic (exact) mass is 714 g/mol. The molecule has 3 aromatic carbocycles. The van der Waals surface area contributed by atoms with Crippen molar-refractivity contribution in [1.82, 2.24) is 15.7 Å². The van der Waals surface area contributed by atoms with Crippen molar-refractivity contribution in [2.24, 2.45) is 10.9 Å². The van der Waals surface area contributed by atoms with Crippen molar-refractivity contribution in [1.29, 1.82) is 0 Å². The van der Waals surface area contributed by atoms with Gasteiger partial charge in [-0.05, 0) is 66.8 Å². The van der Waals surface area contributed by atoms with Crippen LogP contribution in [0.2, 0.25) is 0 Å². The Kier molecular flexibility index (Phi) is 13.3. The van der Waals surface area contributed by atoms with E-state index < -0.39 is 53.8 Å². The first-order valence-electron chi connectivity index (χ1n) is 16.4. The van der Waals surface area contributed by atoms with E-state index in [4.69, 9.17) is 14.3 Å². The third-order valence-electron chi connectivity index (χ3n) is 8.16. The number of hydrogen-bond acceptors (Lipinski definition) is 9. The third kappa shape index (κ3) is 9.88. The summed E-state index contributed by atoms with van der Waals surface area (Å²) in [5.74, 6) is -5.94. The number of amides is 4. The lowest BCUT2D eigenvalue weighted by Gasteiger charge is -2.29. The highest BCUT2D eigenvalue weighted by Gasteiger charge is 2.31. The number of aliphatic imine (C=N–C) groups is 1. The number of ether oxygens (including phenoxy) is 1. The third-order valence-corrected chi connectivity index (χ3v) is 8.16. The molecule has 52 heavy (non-hydrogen) atoms. The molecule has 15 heteroatoms. The van der Waals surface area contributed by atoms with Crippen molar-refractivity contribution in [3.05, 3.63) is 89.7 Å². The van der Waals surface area contributed by atoms with Gasteiger partial charge in [0.1, 0.15) is 17.2 Å². The van der Waals surface area contributed by atoms with Gasteiger partial charge in [-0.3, -0.25) is 29.2 Å². The Morgan fingerprint density at radius 2 is 1.69 bits per heavy atom. The number of carboxylic acid groups (broad SMARTS) is 2. The predicted molar refractivity (Wildman–Crippen MR) is 187 cm³/mol. The summed E-state index contributed by atoms with van der Waals surface area (Å²) < 4.78 is 11.3. The number of rotatable bonds is 18. The minimum atomic E-state index is -1.65. The van der Waals surface area contributed by atoms with Crippen LogP contribution >= 0.6 is 0 Å². The van der Waals surface area contributed by atoms with Gasteiger partial charge in [0.05, 0.1) is 37.2 Å². The summed E-state index contributed by atoms with van der Waals surface area (Å²) in [6, 6.07) is 20.1. The van der Waals surface area contributed by atoms with Gasteiger partial charge in [-0.1, -0.05) is 55.5 Å². The molecule has 5 N–H and O–H groups in total. The fourth-order valence-electron chi connectivity index (χ4n) is 5.61. The molecule has 2 atom stereocenters. The molecule has 0 fully saturated rings. The SMILES string of the molecule is CCOc1cc(-c2ccc(C(=O)NCNC(=O)C(CCc3ccc4ccccc4c3)[C@@H](CC)N(O)C=O)o2)ccc1C(=O)N=C(CC(=O)O)C(=O)O. The van der Waals surface area contributed by atoms with E-state index in [1.807, 2.05) is 42.5 Å². The molecule has 0 bridgehead atoms. The van der Waals surface area contributed by atoms with Gasteiger partial charge in [-0.25, -0.2) is 14.9 Å². The Bertz CT molecular complexity index is 1990. The lowest BCUT2D eigenvalue weighted by Crippen LogP contribution is -2.47. The number of furan rings is 1. The van der Waals surface area contributed by atoms with Crippen LogP contribution in [0.3, 0.4) is 0 Å². The highest BCUT2D eigenvalue weighted by molar-refractivity contribution is 6.40. The van der Waals surface area contributed by atoms with Crippen molar-refractivity contribution in [2.45, 2.75) is 45.6 Å². The van der Waals surface area contributed by atoms with Crippen molar-refractivity contribution in [3.8, 4) is 17.1 Å². The number of nitrogens with zero attached hydrogens (tertiary/aromatic N) is 2. The number of hydroxylamine groups is 2. The number of carboxylic acids is 2. The summed E-state index contributed by atoms with van der Waals surface area (Å²) in [4.78, 5) is 76.3. The van der Waals surface area contributed by atoms with Crippen molar-refractivity contribution >= 4 is 52.6 Å². The number of benzene rings is 3. The second-order valence-electron chi connectivity index (χ2n) is 11.6. The summed E-state index contributed by atoms with van der Waals surface area (Å²) in [6.45, 7) is 3.25. The van der Waals surface area contributed by atoms with E-state index in [1.165, 1.54) is 30.3 Å². The number of fused-ring (bicyclic) bond motifs is 1. The summed E-state index contributed by atoms with van der Waals surface area (Å²) >= 11 is 0. The Labute approximate surface area is 297 Å². The minimum absolute atomic E-state index is 0.0236. The number of hydrogen-bond donors (Lipinski definition) is 5. The number of aryl methyl sites for hydroxylation is 1. The maximum atomic E-state index is 13.4. The molecule has 4 aromatic rings. The maximum Gasteiger partial charge on any atom is 0.350 e. The average Bonchev–Trinajstić information content (AvgIpc) is 3.63. The topological polar surface area (TPSA) is 225 Å². The van der Waals surface area contributed by atoms with Crippen LogP contribution in [0, 0.1) is 5.92 Å². The van der Waals surface area contributed by atoms with Crippen molar-refractivity contribution in [3.63, 3.8) is 0 Å². The van der Waals surface area contributed by atoms with Gasteiger partial charge in [0.2, 0.25) is 12.3 Å². The molecule has 1 heterocycles. The van der Waals surface area contributed by atoms with E-state index in [1.54, 1.807) is 13.8 Å². The van der Waals surface area contributed by atoms with Gasteiger partial charge in [0.15, 0.2) is 5.76 Å². The van der Waals surface area contributed by atoms with Gasteiger partial charge in [-0.2, -0.15) is 0 Å². The van der Waals surface area contributed by atoms with Crippen LogP contribution < -0.4 is 15.4 Å². The van der Waals surface area contributed by atoms with Crippen molar-refractivity contribution < 1.29 is 53.3 Å². The normalized spacial score (nSPS) is 12.4. The molecular weight excluding hydrogens is 676 g/mol. The Morgan fingerprint density at radius 1 is 0.942 bits per heavy atom. The first-order valence-corrected chi connectivity index (χ1v) is 16.4. The molecule has 0 saturated carbocycles. The molecule has 0 aliphatic rings. The molecule has 0 radical (unpaired) electrons. The molecule has 0 aliphatic carbocycles. The van der Waals surface area contributed by atoms with E-state index in [9.17, 15) is 39.1 Å². The van der Waals surface area contributed by atoms with Crippen molar-refractivity contribution in [2.75, 3.05) is 13.3 Å². The molecule has 0 spiro atoms. The number of aliphatic carboxylic acids is 2. The predicted octanol–water partition coefficient (Wildman–Crippen LogP) is 4.32. The molecular formula is C37H38N4O11. The molecule has 272 valence electrons. The molecule has 1 aromatic heterocycles. The van der Waals surface area contributed by atoms with Gasteiger partial charge in [-0.15, -0.1) is 0 Å². The summed E-state index contributed by atoms with van der Waals surface area (Å²) in [5.41, 5.74) is 0.410. The van der Waals surface area contributed by atoms with Crippen LogP contribution in [0.5, 0.6) is 5.75 Å². The zero-order chi connectivity index (χ0) is 37.8. The zero-order valence-corrected chi connectivity index (χ0v) is 28.4. The van der Waals surface area contributed by atoms with E-state index >= 15 is 0 Å². The lowest BCUT2D eigenvalue weighted by molar-refractivity contribution is -0.168. The maximum absolute atomic E-state index is 13.4. The van der Waals surface area contributed by atoms with E-state index in [0.717, 1.165) is 16.3 Å². The summed E-state index contributed by atoms with van der Waals surface area (Å²) in [5, 5.41) is 36.2. The Morgan fingerprint density at radius 3 is 2.37 bits per heavy atom. The molecule has 4 rings (SSSR count). The first-order chi connectivity index (χ1) is 24.9. The first kappa shape index (κ1) is 38.5. The van der Waals surface area contributed by atoms with Crippen LogP contribution in [0.4, 0.5) is 0 Å². The number of nitrogens with one attached hydrogen (secondary N) is 2. The highest BCUT2D eigenvalue weighted by Crippen LogP contribution is 2.30. The average molecular weight is 715 g/mol. The van der Waals surface area contributed by atoms with E-state index in [-0.39, 0.29) is 42.5 Å². The molecule has 15 nitrogen and oxygen atoms in total. The number of carbonyl (C=O) groups excluding carboxylic acids is 4. The highest BCUT2D eigenvalue weighted by atomic mass is 16.5. The van der Waals surface area contributed by atoms with E-state index in [0.29, 0.717) is 29.9 Å². The fraction of sp³-hybridized carbons (Fsp3) is 0.270. The summed E-state index contributed by atoms with van der Waals surface area (Å²) in [7, 11) is 0. The second kappa shape index (κ2) is 18.1. The Balaban J connectivity index is 1.42. The molecule has 0 saturated heterocycles. The second-order valence-corrected chi connectivity index (χ2v) is 11.6. The van der Waals surface area contributed by atoms with Gasteiger partial charge < -0.3 is 30.0 Å². The largest absolute Gasteiger partial charge is 0.493 e. The van der Waals surface area contributed by atoms with Crippen LogP contribution in [0.25, 0.3) is 22.1 Å². The standard InChI is InChI=1S/C37H38N4O11/c1-3-29(41(50)21-42)26(13-10-22-9-11-23-7-5-6-8-24(23)17-22)34(45)38-20-39-36(47)31-16-15-30(52-31)25-12-14-27(32(18-25)51-4-2)35(46)40-28(37(48)49)19-33(43)44/h5-9,11-12,14-18,21,26,29,50H,3-4,10,13,19-20H2,1-2H3,(H,38,45)(H,39,47)(H,43,44)(H,48,49)/t26?,29-/m1/s1. The zero-order valence-electron chi connectivity index (χ0n) is 28.4. The summed E-state index contributed by atoms with van der Waals surface area (Å²) in [6.07, 6.45) is 0.405. The van der Waals surface area contributed by atoms with Gasteiger partial charge >= 0.3 is 11.9 Å². The smallest absolute Gasteiger partial charge is 0.350 e. The van der Waals surface area contributed by atoms with Crippen LogP contribution in [0.1, 0.15) is 59.6 Å². The van der Waals surface area contributed by atoms with Crippen LogP contribution in [-0.4, -0.2) is 81.6 Å². The lowest BCUT2D eigenvalue weighted by atomic mass is 9.89. The molecule has 4 amide bonds. The fourth-order valence-corrected chi connectivity index (χ4v) is 5.61. The van der Waals surface area contributed by atoms with Gasteiger partial charge in [0.25, 0.3) is 11.8 Å². The number of carbonyl (C=O) groups is 6. The quantitative estimate of drug-likeness (QED) is 0.0321. The van der Waals surface area contributed by atoms with Crippen LogP contribution in [-0.2, 0) is 25.6 Å². The van der Waals surface area contributed by atoms with Crippen LogP contribution in [0.15, 0.2) is 82.2 Å². The van der Waals surface area contributed by atoms with Gasteiger partial charge in [0, 0.05) is 5.56 Å². The molecule has 1 unspecified atom stereocenters. The van der Waals surface area contributed by atoms with E-state index in [2.05, 4.69) is 15.6 Å². The Hall–Kier alpha value is -6.35. The molecule has 0 aliphatic heterocycles. The minimum Gasteiger partial charge on any atom is -0.493 e.